The van der Waals surface area contributed by atoms with Gasteiger partial charge in [0.05, 0.1) is 12.0 Å². The summed E-state index contributed by atoms with van der Waals surface area (Å²) in [7, 11) is 1.36. The molecule has 0 saturated carbocycles. The Morgan fingerprint density at radius 2 is 2.18 bits per heavy atom. The first-order valence-corrected chi connectivity index (χ1v) is 6.16. The van der Waals surface area contributed by atoms with Crippen LogP contribution in [0.15, 0.2) is 40.8 Å². The molecule has 0 spiro atoms. The monoisotopic (exact) mass is 303 g/mol. The average molecular weight is 303 g/mol. The standard InChI is InChI=1S/C14H13N3O5/c1-21-13-5-2-9(8-11(13)17(19)20)12-6-3-10(22-12)4-7-14(18)16-15/h2-8H,15H2,1H3,(H,16,18)/b7-4+. The number of hydrazine groups is 1. The van der Waals surface area contributed by atoms with Gasteiger partial charge in [-0.3, -0.25) is 20.3 Å². The van der Waals surface area contributed by atoms with Crippen molar-refractivity contribution >= 4 is 17.7 Å². The van der Waals surface area contributed by atoms with E-state index in [4.69, 9.17) is 15.0 Å². The number of amides is 1. The lowest BCUT2D eigenvalue weighted by Crippen LogP contribution is -2.27. The van der Waals surface area contributed by atoms with Crippen LogP contribution < -0.4 is 16.0 Å². The topological polar surface area (TPSA) is 121 Å². The average Bonchev–Trinajstić information content (AvgIpc) is 3.00. The van der Waals surface area contributed by atoms with Crippen molar-refractivity contribution in [1.82, 2.24) is 5.43 Å². The Morgan fingerprint density at radius 3 is 2.82 bits per heavy atom. The number of nitrogens with zero attached hydrogens (tertiary/aromatic N) is 1. The van der Waals surface area contributed by atoms with Gasteiger partial charge in [0.2, 0.25) is 0 Å². The molecule has 2 aromatic rings. The van der Waals surface area contributed by atoms with Crippen molar-refractivity contribution in [2.75, 3.05) is 7.11 Å². The first kappa shape index (κ1) is 15.3. The normalized spacial score (nSPS) is 10.6. The van der Waals surface area contributed by atoms with E-state index in [0.29, 0.717) is 17.1 Å². The van der Waals surface area contributed by atoms with Gasteiger partial charge in [-0.25, -0.2) is 5.84 Å². The second-order valence-electron chi connectivity index (χ2n) is 4.19. The minimum atomic E-state index is -0.530. The van der Waals surface area contributed by atoms with Crippen LogP contribution in [0.3, 0.4) is 0 Å². The molecule has 0 aliphatic rings. The van der Waals surface area contributed by atoms with Crippen LogP contribution in [0.2, 0.25) is 0 Å². The van der Waals surface area contributed by atoms with Gasteiger partial charge in [-0.15, -0.1) is 0 Å². The van der Waals surface area contributed by atoms with Crippen LogP contribution in [-0.2, 0) is 4.79 Å². The number of nitrogens with two attached hydrogens (primary N) is 1. The Labute approximate surface area is 125 Å². The maximum absolute atomic E-state index is 11.0. The van der Waals surface area contributed by atoms with Crippen molar-refractivity contribution < 1.29 is 18.9 Å². The number of nitro benzene ring substituents is 1. The van der Waals surface area contributed by atoms with Crippen LogP contribution in [0, 0.1) is 10.1 Å². The fraction of sp³-hybridized carbons (Fsp3) is 0.0714. The quantitative estimate of drug-likeness (QED) is 0.286. The van der Waals surface area contributed by atoms with Gasteiger partial charge in [-0.1, -0.05) is 0 Å². The Bertz CT molecular complexity index is 736. The van der Waals surface area contributed by atoms with E-state index in [0.717, 1.165) is 0 Å². The van der Waals surface area contributed by atoms with E-state index in [1.54, 1.807) is 18.2 Å². The molecular formula is C14H13N3O5. The van der Waals surface area contributed by atoms with Gasteiger partial charge in [0, 0.05) is 17.7 Å². The predicted octanol–water partition coefficient (Wildman–Crippen LogP) is 1.87. The third kappa shape index (κ3) is 3.30. The molecule has 1 amide bonds. The highest BCUT2D eigenvalue weighted by atomic mass is 16.6. The third-order valence-electron chi connectivity index (χ3n) is 2.83. The third-order valence-corrected chi connectivity index (χ3v) is 2.83. The first-order chi connectivity index (χ1) is 10.5. The number of nitrogens with one attached hydrogen (secondary N) is 1. The van der Waals surface area contributed by atoms with Crippen molar-refractivity contribution in [2.45, 2.75) is 0 Å². The molecule has 22 heavy (non-hydrogen) atoms. The van der Waals surface area contributed by atoms with E-state index in [2.05, 4.69) is 0 Å². The Morgan fingerprint density at radius 1 is 1.41 bits per heavy atom. The molecule has 0 aliphatic heterocycles. The first-order valence-electron chi connectivity index (χ1n) is 6.16. The summed E-state index contributed by atoms with van der Waals surface area (Å²) in [5.41, 5.74) is 2.32. The maximum Gasteiger partial charge on any atom is 0.311 e. The van der Waals surface area contributed by atoms with E-state index in [1.807, 2.05) is 5.43 Å². The Hall–Kier alpha value is -3.13. The molecule has 0 bridgehead atoms. The summed E-state index contributed by atoms with van der Waals surface area (Å²) in [6.45, 7) is 0. The number of hydrogen-bond acceptors (Lipinski definition) is 6. The number of benzene rings is 1. The van der Waals surface area contributed by atoms with Crippen LogP contribution in [0.4, 0.5) is 5.69 Å². The summed E-state index contributed by atoms with van der Waals surface area (Å²) in [5.74, 6) is 5.48. The van der Waals surface area contributed by atoms with Crippen molar-refractivity contribution in [1.29, 1.82) is 0 Å². The second kappa shape index (κ2) is 6.55. The Balaban J connectivity index is 2.31. The largest absolute Gasteiger partial charge is 0.490 e. The maximum atomic E-state index is 11.0. The van der Waals surface area contributed by atoms with Gasteiger partial charge in [-0.05, 0) is 30.3 Å². The molecule has 0 aliphatic carbocycles. The molecule has 1 aromatic carbocycles. The van der Waals surface area contributed by atoms with Gasteiger partial charge in [0.15, 0.2) is 5.75 Å². The molecule has 114 valence electrons. The highest BCUT2D eigenvalue weighted by Crippen LogP contribution is 2.32. The number of rotatable bonds is 5. The molecule has 0 unspecified atom stereocenters. The van der Waals surface area contributed by atoms with Crippen molar-refractivity contribution in [2.24, 2.45) is 5.84 Å². The second-order valence-corrected chi connectivity index (χ2v) is 4.19. The van der Waals surface area contributed by atoms with Gasteiger partial charge in [-0.2, -0.15) is 0 Å². The zero-order valence-corrected chi connectivity index (χ0v) is 11.6. The number of furan rings is 1. The van der Waals surface area contributed by atoms with E-state index in [1.165, 1.54) is 31.4 Å². The van der Waals surface area contributed by atoms with E-state index >= 15 is 0 Å². The minimum Gasteiger partial charge on any atom is -0.490 e. The molecule has 0 saturated heterocycles. The minimum absolute atomic E-state index is 0.156. The van der Waals surface area contributed by atoms with E-state index < -0.39 is 10.8 Å². The smallest absolute Gasteiger partial charge is 0.311 e. The summed E-state index contributed by atoms with van der Waals surface area (Å²) in [6, 6.07) is 7.77. The lowest BCUT2D eigenvalue weighted by atomic mass is 10.1. The molecule has 0 atom stereocenters. The molecule has 0 fully saturated rings. The van der Waals surface area contributed by atoms with Crippen LogP contribution in [0.25, 0.3) is 17.4 Å². The van der Waals surface area contributed by atoms with Gasteiger partial charge in [0.1, 0.15) is 11.5 Å². The molecule has 2 rings (SSSR count). The highest BCUT2D eigenvalue weighted by molar-refractivity contribution is 5.90. The van der Waals surface area contributed by atoms with Crippen LogP contribution in [0.5, 0.6) is 5.75 Å². The zero-order valence-electron chi connectivity index (χ0n) is 11.6. The molecule has 1 aromatic heterocycles. The molecule has 8 nitrogen and oxygen atoms in total. The van der Waals surface area contributed by atoms with E-state index in [9.17, 15) is 14.9 Å². The van der Waals surface area contributed by atoms with Gasteiger partial charge >= 0.3 is 5.69 Å². The number of carbonyl (C=O) groups is 1. The predicted molar refractivity (Wildman–Crippen MR) is 78.7 cm³/mol. The molecular weight excluding hydrogens is 290 g/mol. The van der Waals surface area contributed by atoms with Crippen LogP contribution in [-0.4, -0.2) is 17.9 Å². The summed E-state index contributed by atoms with van der Waals surface area (Å²) >= 11 is 0. The lowest BCUT2D eigenvalue weighted by molar-refractivity contribution is -0.385. The summed E-state index contributed by atoms with van der Waals surface area (Å²) in [6.07, 6.45) is 2.64. The number of methoxy groups -OCH3 is 1. The molecule has 3 N–H and O–H groups in total. The summed E-state index contributed by atoms with van der Waals surface area (Å²) in [5, 5.41) is 11.0. The van der Waals surface area contributed by atoms with E-state index in [-0.39, 0.29) is 11.4 Å². The van der Waals surface area contributed by atoms with Gasteiger partial charge < -0.3 is 9.15 Å². The fourth-order valence-electron chi connectivity index (χ4n) is 1.79. The lowest BCUT2D eigenvalue weighted by Gasteiger charge is -2.03. The van der Waals surface area contributed by atoms with Crippen molar-refractivity contribution in [3.8, 4) is 17.1 Å². The zero-order chi connectivity index (χ0) is 16.1. The van der Waals surface area contributed by atoms with Crippen molar-refractivity contribution in [3.63, 3.8) is 0 Å². The van der Waals surface area contributed by atoms with Crippen LogP contribution >= 0.6 is 0 Å². The number of nitro groups is 1. The fourth-order valence-corrected chi connectivity index (χ4v) is 1.79. The number of hydrogen-bond donors (Lipinski definition) is 2. The SMILES string of the molecule is COc1ccc(-c2ccc(/C=C/C(=O)NN)o2)cc1[N+](=O)[O-]. The Kier molecular flexibility index (Phi) is 4.54. The highest BCUT2D eigenvalue weighted by Gasteiger charge is 2.17. The molecule has 8 heteroatoms. The van der Waals surface area contributed by atoms with Gasteiger partial charge in [0.25, 0.3) is 5.91 Å². The summed E-state index contributed by atoms with van der Waals surface area (Å²) in [4.78, 5) is 21.5. The molecule has 0 radical (unpaired) electrons. The number of ether oxygens (including phenoxy) is 1. The number of carbonyl (C=O) groups excluding carboxylic acids is 1. The molecule has 1 heterocycles. The van der Waals surface area contributed by atoms with Crippen LogP contribution in [0.1, 0.15) is 5.76 Å². The summed E-state index contributed by atoms with van der Waals surface area (Å²) < 4.78 is 10.4. The van der Waals surface area contributed by atoms with Crippen molar-refractivity contribution in [3.05, 3.63) is 52.3 Å².